The van der Waals surface area contributed by atoms with E-state index in [0.29, 0.717) is 34.8 Å². The molecule has 0 radical (unpaired) electrons. The van der Waals surface area contributed by atoms with Gasteiger partial charge in [0.15, 0.2) is 0 Å². The number of likely N-dealkylation sites (tertiary alicyclic amines) is 1. The molecule has 0 unspecified atom stereocenters. The zero-order valence-corrected chi connectivity index (χ0v) is 24.5. The number of ether oxygens (including phenoxy) is 1. The predicted octanol–water partition coefficient (Wildman–Crippen LogP) is 6.10. The van der Waals surface area contributed by atoms with E-state index < -0.39 is 5.97 Å². The van der Waals surface area contributed by atoms with Gasteiger partial charge in [-0.3, -0.25) is 19.4 Å². The van der Waals surface area contributed by atoms with Gasteiger partial charge in [-0.25, -0.2) is 0 Å². The van der Waals surface area contributed by atoms with Crippen molar-refractivity contribution in [1.29, 1.82) is 0 Å². The van der Waals surface area contributed by atoms with Gasteiger partial charge < -0.3 is 9.84 Å². The van der Waals surface area contributed by atoms with Crippen LogP contribution in [-0.2, 0) is 4.79 Å². The van der Waals surface area contributed by atoms with Gasteiger partial charge in [0.1, 0.15) is 17.4 Å². The minimum absolute atomic E-state index is 0.151. The van der Waals surface area contributed by atoms with Gasteiger partial charge in [-0.15, -0.1) is 10.2 Å². The second kappa shape index (κ2) is 12.7. The zero-order chi connectivity index (χ0) is 28.2. The molecular formula is C30H35ClN4O4S. The van der Waals surface area contributed by atoms with E-state index in [9.17, 15) is 9.59 Å². The zero-order valence-electron chi connectivity index (χ0n) is 22.9. The molecular weight excluding hydrogens is 548 g/mol. The first kappa shape index (κ1) is 28.5. The maximum atomic E-state index is 13.4. The summed E-state index contributed by atoms with van der Waals surface area (Å²) in [5.41, 5.74) is 3.46. The predicted molar refractivity (Wildman–Crippen MR) is 158 cm³/mol. The van der Waals surface area contributed by atoms with Crippen molar-refractivity contribution >= 4 is 39.9 Å². The second-order valence-electron chi connectivity index (χ2n) is 10.9. The van der Waals surface area contributed by atoms with E-state index in [1.54, 1.807) is 17.0 Å². The van der Waals surface area contributed by atoms with Crippen LogP contribution in [-0.4, -0.2) is 64.9 Å². The summed E-state index contributed by atoms with van der Waals surface area (Å²) in [6.07, 6.45) is 4.33. The number of piperidine rings is 1. The van der Waals surface area contributed by atoms with E-state index in [1.807, 2.05) is 26.0 Å². The van der Waals surface area contributed by atoms with Crippen molar-refractivity contribution in [2.45, 2.75) is 46.0 Å². The lowest BCUT2D eigenvalue weighted by molar-refractivity contribution is -0.138. The van der Waals surface area contributed by atoms with Crippen molar-refractivity contribution in [3.63, 3.8) is 0 Å². The Bertz CT molecular complexity index is 1340. The largest absolute Gasteiger partial charge is 0.492 e. The average molecular weight is 583 g/mol. The van der Waals surface area contributed by atoms with Crippen LogP contribution < -0.4 is 9.64 Å². The molecule has 10 heteroatoms. The highest BCUT2D eigenvalue weighted by molar-refractivity contribution is 7.18. The van der Waals surface area contributed by atoms with E-state index >= 15 is 0 Å². The number of carbonyl (C=O) groups is 2. The quantitative estimate of drug-likeness (QED) is 0.292. The summed E-state index contributed by atoms with van der Waals surface area (Å²) in [5, 5.41) is 19.6. The normalized spacial score (nSPS) is 16.2. The van der Waals surface area contributed by atoms with Crippen LogP contribution >= 0.6 is 22.9 Å². The number of aliphatic carboxylic acids is 1. The first-order valence-electron chi connectivity index (χ1n) is 13.9. The molecule has 1 saturated carbocycles. The first-order chi connectivity index (χ1) is 19.3. The SMILES string of the molecule is Cc1cc(-c2nnc(N(CC3CC3)C(=O)c3ccccc3Cl)s2)cc(C)c1OCCN1CCC(CC(=O)O)CC1. The summed E-state index contributed by atoms with van der Waals surface area (Å²) in [6, 6.07) is 11.2. The molecule has 2 aromatic carbocycles. The van der Waals surface area contributed by atoms with Gasteiger partial charge in [0.05, 0.1) is 10.6 Å². The number of halogens is 1. The molecule has 212 valence electrons. The molecule has 40 heavy (non-hydrogen) atoms. The second-order valence-corrected chi connectivity index (χ2v) is 12.3. The van der Waals surface area contributed by atoms with Gasteiger partial charge >= 0.3 is 5.97 Å². The summed E-state index contributed by atoms with van der Waals surface area (Å²) < 4.78 is 6.20. The molecule has 0 spiro atoms. The molecule has 2 fully saturated rings. The molecule has 1 aromatic heterocycles. The van der Waals surface area contributed by atoms with Crippen LogP contribution in [0.15, 0.2) is 36.4 Å². The van der Waals surface area contributed by atoms with Crippen LogP contribution in [0.5, 0.6) is 5.75 Å². The lowest BCUT2D eigenvalue weighted by Gasteiger charge is -2.31. The Morgan fingerprint density at radius 2 is 1.77 bits per heavy atom. The molecule has 2 heterocycles. The van der Waals surface area contributed by atoms with E-state index in [0.717, 1.165) is 72.8 Å². The molecule has 5 rings (SSSR count). The molecule has 0 bridgehead atoms. The third kappa shape index (κ3) is 7.00. The Morgan fingerprint density at radius 1 is 1.07 bits per heavy atom. The molecule has 1 N–H and O–H groups in total. The molecule has 1 saturated heterocycles. The summed E-state index contributed by atoms with van der Waals surface area (Å²) >= 11 is 7.75. The van der Waals surface area contributed by atoms with E-state index in [-0.39, 0.29) is 18.2 Å². The van der Waals surface area contributed by atoms with E-state index in [2.05, 4.69) is 27.2 Å². The Morgan fingerprint density at radius 3 is 2.42 bits per heavy atom. The van der Waals surface area contributed by atoms with Crippen LogP contribution in [0.1, 0.15) is 53.6 Å². The van der Waals surface area contributed by atoms with Crippen molar-refractivity contribution in [2.75, 3.05) is 37.7 Å². The number of aromatic nitrogens is 2. The van der Waals surface area contributed by atoms with Crippen LogP contribution in [0.4, 0.5) is 5.13 Å². The topological polar surface area (TPSA) is 95.9 Å². The van der Waals surface area contributed by atoms with Crippen molar-refractivity contribution < 1.29 is 19.4 Å². The fourth-order valence-electron chi connectivity index (χ4n) is 5.27. The number of carboxylic acid groups (broad SMARTS) is 1. The molecule has 2 aliphatic rings. The Hall–Kier alpha value is -3.01. The standard InChI is InChI=1S/C30H35ClN4O4S/c1-19-15-23(16-20(2)27(19)39-14-13-34-11-9-21(10-12-34)17-26(36)37)28-32-33-30(40-28)35(18-22-7-8-22)29(38)24-5-3-4-6-25(24)31/h3-6,15-16,21-22H,7-14,17-18H2,1-2H3,(H,36,37). The number of nitrogens with zero attached hydrogens (tertiary/aromatic N) is 4. The molecule has 8 nitrogen and oxygen atoms in total. The number of carbonyl (C=O) groups excluding carboxylic acids is 1. The van der Waals surface area contributed by atoms with Crippen molar-refractivity contribution in [3.8, 4) is 16.3 Å². The van der Waals surface area contributed by atoms with Gasteiger partial charge in [-0.1, -0.05) is 35.1 Å². The highest BCUT2D eigenvalue weighted by Crippen LogP contribution is 2.37. The van der Waals surface area contributed by atoms with Crippen molar-refractivity contribution in [3.05, 3.63) is 58.1 Å². The highest BCUT2D eigenvalue weighted by atomic mass is 35.5. The average Bonchev–Trinajstić information content (AvgIpc) is 3.62. The van der Waals surface area contributed by atoms with Gasteiger partial charge in [0.25, 0.3) is 5.91 Å². The fraction of sp³-hybridized carbons (Fsp3) is 0.467. The monoisotopic (exact) mass is 582 g/mol. The van der Waals surface area contributed by atoms with E-state index in [4.69, 9.17) is 21.4 Å². The lowest BCUT2D eigenvalue weighted by atomic mass is 9.94. The Kier molecular flexibility index (Phi) is 9.03. The van der Waals surface area contributed by atoms with Gasteiger partial charge in [0, 0.05) is 25.1 Å². The third-order valence-corrected chi connectivity index (χ3v) is 8.99. The summed E-state index contributed by atoms with van der Waals surface area (Å²) in [6.45, 7) is 7.89. The number of anilines is 1. The maximum absolute atomic E-state index is 13.4. The van der Waals surface area contributed by atoms with Crippen molar-refractivity contribution in [2.24, 2.45) is 11.8 Å². The number of hydrogen-bond donors (Lipinski definition) is 1. The molecule has 3 aromatic rings. The summed E-state index contributed by atoms with van der Waals surface area (Å²) in [5.74, 6) is 0.779. The molecule has 1 aliphatic carbocycles. The van der Waals surface area contributed by atoms with Gasteiger partial charge in [-0.05, 0) is 99.8 Å². The van der Waals surface area contributed by atoms with Crippen LogP contribution in [0, 0.1) is 25.7 Å². The Labute approximate surface area is 243 Å². The number of hydrogen-bond acceptors (Lipinski definition) is 7. The van der Waals surface area contributed by atoms with Crippen LogP contribution in [0.3, 0.4) is 0 Å². The lowest BCUT2D eigenvalue weighted by Crippen LogP contribution is -2.37. The molecule has 1 aliphatic heterocycles. The van der Waals surface area contributed by atoms with Crippen LogP contribution in [0.2, 0.25) is 5.02 Å². The maximum Gasteiger partial charge on any atom is 0.303 e. The molecule has 1 amide bonds. The number of aryl methyl sites for hydroxylation is 2. The minimum Gasteiger partial charge on any atom is -0.492 e. The highest BCUT2D eigenvalue weighted by Gasteiger charge is 2.31. The summed E-state index contributed by atoms with van der Waals surface area (Å²) in [4.78, 5) is 28.5. The van der Waals surface area contributed by atoms with Gasteiger partial charge in [0.2, 0.25) is 5.13 Å². The smallest absolute Gasteiger partial charge is 0.303 e. The fourth-order valence-corrected chi connectivity index (χ4v) is 6.32. The minimum atomic E-state index is -0.706. The number of rotatable bonds is 11. The number of amides is 1. The molecule has 0 atom stereocenters. The Balaban J connectivity index is 1.24. The van der Waals surface area contributed by atoms with Crippen LogP contribution in [0.25, 0.3) is 10.6 Å². The summed E-state index contributed by atoms with van der Waals surface area (Å²) in [7, 11) is 0. The number of carboxylic acids is 1. The first-order valence-corrected chi connectivity index (χ1v) is 15.1. The number of benzene rings is 2. The van der Waals surface area contributed by atoms with Gasteiger partial charge in [-0.2, -0.15) is 0 Å². The van der Waals surface area contributed by atoms with Crippen molar-refractivity contribution in [1.82, 2.24) is 15.1 Å². The third-order valence-electron chi connectivity index (χ3n) is 7.66. The van der Waals surface area contributed by atoms with E-state index in [1.165, 1.54) is 11.3 Å².